The zero-order valence-electron chi connectivity index (χ0n) is 15.7. The lowest BCUT2D eigenvalue weighted by Gasteiger charge is -2.38. The Kier molecular flexibility index (Phi) is 5.94. The number of aliphatic hydroxyl groups excluding tert-OH is 1. The molecule has 1 fully saturated rings. The highest BCUT2D eigenvalue weighted by Crippen LogP contribution is 2.24. The number of H-pyrrole nitrogens is 1. The zero-order chi connectivity index (χ0) is 21.3. The van der Waals surface area contributed by atoms with Crippen LogP contribution in [-0.2, 0) is 21.2 Å². The molecular formula is C19H19ClN4O4S2. The topological polar surface area (TPSA) is 115 Å². The fraction of sp³-hybridized carbons (Fsp3) is 0.263. The van der Waals surface area contributed by atoms with Crippen molar-refractivity contribution in [1.82, 2.24) is 20.2 Å². The van der Waals surface area contributed by atoms with Gasteiger partial charge in [0.1, 0.15) is 0 Å². The van der Waals surface area contributed by atoms with Crippen molar-refractivity contribution >= 4 is 55.7 Å². The molecule has 0 saturated carbocycles. The van der Waals surface area contributed by atoms with Crippen LogP contribution in [0.1, 0.15) is 10.6 Å². The first-order chi connectivity index (χ1) is 14.4. The van der Waals surface area contributed by atoms with Crippen LogP contribution in [0.3, 0.4) is 0 Å². The molecule has 2 atom stereocenters. The van der Waals surface area contributed by atoms with Crippen LogP contribution in [0.25, 0.3) is 17.0 Å². The average Bonchev–Trinajstić information content (AvgIpc) is 3.33. The maximum absolute atomic E-state index is 13.1. The minimum absolute atomic E-state index is 0.149. The molecule has 11 heteroatoms. The Balaban J connectivity index is 1.57. The Labute approximate surface area is 182 Å². The van der Waals surface area contributed by atoms with Gasteiger partial charge >= 0.3 is 0 Å². The number of aromatic amines is 1. The van der Waals surface area contributed by atoms with Crippen LogP contribution in [0.15, 0.2) is 42.1 Å². The lowest BCUT2D eigenvalue weighted by molar-refractivity contribution is -0.138. The van der Waals surface area contributed by atoms with Crippen LogP contribution in [0.2, 0.25) is 4.34 Å². The predicted octanol–water partition coefficient (Wildman–Crippen LogP) is 1.98. The minimum Gasteiger partial charge on any atom is -0.394 e. The number of hydrogen-bond acceptors (Lipinski definition) is 7. The van der Waals surface area contributed by atoms with Gasteiger partial charge in [0, 0.05) is 45.8 Å². The third-order valence-electron chi connectivity index (χ3n) is 4.86. The highest BCUT2D eigenvalue weighted by Gasteiger charge is 2.41. The molecule has 4 rings (SSSR count). The molecule has 3 aromatic heterocycles. The van der Waals surface area contributed by atoms with E-state index in [2.05, 4.69) is 15.3 Å². The van der Waals surface area contributed by atoms with Crippen LogP contribution in [-0.4, -0.2) is 58.9 Å². The highest BCUT2D eigenvalue weighted by atomic mass is 35.5. The summed E-state index contributed by atoms with van der Waals surface area (Å²) in [6.45, 7) is 0.0279. The maximum atomic E-state index is 13.1. The minimum atomic E-state index is -3.92. The number of amides is 1. The number of sulfone groups is 1. The van der Waals surface area contributed by atoms with Crippen LogP contribution in [0, 0.1) is 0 Å². The molecule has 1 unspecified atom stereocenters. The Morgan fingerprint density at radius 3 is 2.90 bits per heavy atom. The Bertz CT molecular complexity index is 1170. The lowest BCUT2D eigenvalue weighted by Crippen LogP contribution is -2.62. The first kappa shape index (κ1) is 21.0. The molecule has 0 aliphatic carbocycles. The smallest absolute Gasteiger partial charge is 0.256 e. The number of piperazine rings is 1. The molecule has 0 bridgehead atoms. The quantitative estimate of drug-likeness (QED) is 0.511. The van der Waals surface area contributed by atoms with Gasteiger partial charge in [-0.2, -0.15) is 0 Å². The van der Waals surface area contributed by atoms with Crippen molar-refractivity contribution in [3.05, 3.63) is 57.0 Å². The van der Waals surface area contributed by atoms with Crippen molar-refractivity contribution in [2.45, 2.75) is 18.0 Å². The molecule has 1 saturated heterocycles. The Hall–Kier alpha value is -2.24. The molecule has 3 aromatic rings. The fourth-order valence-corrected chi connectivity index (χ4v) is 5.65. The highest BCUT2D eigenvalue weighted by molar-refractivity contribution is 7.95. The second-order valence-corrected chi connectivity index (χ2v) is 10.6. The molecule has 0 radical (unpaired) electrons. The van der Waals surface area contributed by atoms with Gasteiger partial charge in [0.15, 0.2) is 15.2 Å². The predicted molar refractivity (Wildman–Crippen MR) is 117 cm³/mol. The number of carbonyl (C=O) groups is 1. The van der Waals surface area contributed by atoms with Gasteiger partial charge in [-0.15, -0.1) is 11.3 Å². The van der Waals surface area contributed by atoms with Crippen LogP contribution in [0.5, 0.6) is 0 Å². The SMILES string of the molecule is O=C1C(S(=O)(=O)C=Cc2ccc(Cl)s2)NC[C@H](CO)N1Cc1cc2cnccc2[nH]1. The summed E-state index contributed by atoms with van der Waals surface area (Å²) in [5, 5.41) is 13.0. The molecule has 0 spiro atoms. The van der Waals surface area contributed by atoms with Gasteiger partial charge in [-0.1, -0.05) is 11.6 Å². The molecule has 1 aliphatic heterocycles. The Morgan fingerprint density at radius 2 is 2.20 bits per heavy atom. The molecule has 3 N–H and O–H groups in total. The molecular weight excluding hydrogens is 448 g/mol. The molecule has 4 heterocycles. The summed E-state index contributed by atoms with van der Waals surface area (Å²) in [5.74, 6) is -0.606. The van der Waals surface area contributed by atoms with Gasteiger partial charge in [0.05, 0.1) is 23.5 Å². The third kappa shape index (κ3) is 4.28. The average molecular weight is 467 g/mol. The van der Waals surface area contributed by atoms with Gasteiger partial charge in [0.2, 0.25) is 0 Å². The fourth-order valence-electron chi connectivity index (χ4n) is 3.36. The summed E-state index contributed by atoms with van der Waals surface area (Å²) in [4.78, 5) is 22.4. The number of rotatable bonds is 6. The van der Waals surface area contributed by atoms with E-state index in [1.54, 1.807) is 24.5 Å². The molecule has 0 aromatic carbocycles. The van der Waals surface area contributed by atoms with E-state index < -0.39 is 27.2 Å². The van der Waals surface area contributed by atoms with Crippen molar-refractivity contribution < 1.29 is 18.3 Å². The molecule has 158 valence electrons. The second-order valence-electron chi connectivity index (χ2n) is 6.88. The van der Waals surface area contributed by atoms with E-state index in [1.165, 1.54) is 22.3 Å². The normalized spacial score (nSPS) is 20.5. The van der Waals surface area contributed by atoms with Gasteiger partial charge in [-0.3, -0.25) is 15.1 Å². The number of hydrogen-bond donors (Lipinski definition) is 3. The van der Waals surface area contributed by atoms with Gasteiger partial charge in [0.25, 0.3) is 5.91 Å². The number of aromatic nitrogens is 2. The van der Waals surface area contributed by atoms with Crippen LogP contribution in [0.4, 0.5) is 0 Å². The summed E-state index contributed by atoms with van der Waals surface area (Å²) in [5.41, 5.74) is 1.59. The van der Waals surface area contributed by atoms with Gasteiger partial charge < -0.3 is 15.0 Å². The van der Waals surface area contributed by atoms with Gasteiger partial charge in [-0.25, -0.2) is 8.42 Å². The number of thiophene rings is 1. The van der Waals surface area contributed by atoms with Crippen LogP contribution < -0.4 is 5.32 Å². The van der Waals surface area contributed by atoms with Crippen molar-refractivity contribution in [2.24, 2.45) is 0 Å². The molecule has 8 nitrogen and oxygen atoms in total. The first-order valence-electron chi connectivity index (χ1n) is 9.11. The van der Waals surface area contributed by atoms with Crippen molar-refractivity contribution in [3.8, 4) is 0 Å². The number of nitrogens with one attached hydrogen (secondary N) is 2. The number of aliphatic hydroxyl groups is 1. The maximum Gasteiger partial charge on any atom is 0.256 e. The first-order valence-corrected chi connectivity index (χ1v) is 11.9. The summed E-state index contributed by atoms with van der Waals surface area (Å²) in [6, 6.07) is 6.51. The largest absolute Gasteiger partial charge is 0.394 e. The standard InChI is InChI=1S/C19H19ClN4O4S2/c20-17-2-1-15(29-17)4-6-30(27,28)18-19(26)24(14(11-25)9-22-18)10-13-7-12-8-21-5-3-16(12)23-13/h1-8,14,18,22-23,25H,9-11H2/t14-,18?/m1/s1. The van der Waals surface area contributed by atoms with Crippen molar-refractivity contribution in [3.63, 3.8) is 0 Å². The van der Waals surface area contributed by atoms with Gasteiger partial charge in [-0.05, 0) is 30.3 Å². The van der Waals surface area contributed by atoms with E-state index in [4.69, 9.17) is 11.6 Å². The molecule has 1 aliphatic rings. The number of pyridine rings is 1. The lowest BCUT2D eigenvalue weighted by atomic mass is 10.2. The summed E-state index contributed by atoms with van der Waals surface area (Å²) < 4.78 is 26.2. The summed E-state index contributed by atoms with van der Waals surface area (Å²) in [6.07, 6.45) is 4.78. The molecule has 30 heavy (non-hydrogen) atoms. The second kappa shape index (κ2) is 8.48. The molecule has 1 amide bonds. The third-order valence-corrected chi connectivity index (χ3v) is 7.60. The summed E-state index contributed by atoms with van der Waals surface area (Å²) >= 11 is 7.11. The van der Waals surface area contributed by atoms with Crippen molar-refractivity contribution in [1.29, 1.82) is 0 Å². The van der Waals surface area contributed by atoms with E-state index in [0.29, 0.717) is 9.21 Å². The Morgan fingerprint density at radius 1 is 1.37 bits per heavy atom. The summed E-state index contributed by atoms with van der Waals surface area (Å²) in [7, 11) is -3.92. The van der Waals surface area contributed by atoms with E-state index in [-0.39, 0.29) is 19.7 Å². The van der Waals surface area contributed by atoms with E-state index in [9.17, 15) is 18.3 Å². The van der Waals surface area contributed by atoms with Crippen LogP contribution >= 0.6 is 22.9 Å². The number of halogens is 1. The zero-order valence-corrected chi connectivity index (χ0v) is 18.0. The monoisotopic (exact) mass is 466 g/mol. The van der Waals surface area contributed by atoms with Crippen molar-refractivity contribution in [2.75, 3.05) is 13.2 Å². The van der Waals surface area contributed by atoms with E-state index >= 15 is 0 Å². The number of carbonyl (C=O) groups excluding carboxylic acids is 1. The van der Waals surface area contributed by atoms with E-state index in [1.807, 2.05) is 12.1 Å². The number of fused-ring (bicyclic) bond motifs is 1. The van der Waals surface area contributed by atoms with E-state index in [0.717, 1.165) is 22.0 Å². The number of nitrogens with zero attached hydrogens (tertiary/aromatic N) is 2.